The van der Waals surface area contributed by atoms with Crippen molar-refractivity contribution in [3.05, 3.63) is 101 Å². The molecular weight excluding hydrogens is 501 g/mol. The summed E-state index contributed by atoms with van der Waals surface area (Å²) >= 11 is 5.87. The Labute approximate surface area is 226 Å². The third-order valence-electron chi connectivity index (χ3n) is 6.75. The van der Waals surface area contributed by atoms with Gasteiger partial charge in [0.05, 0.1) is 36.3 Å². The molecule has 4 aromatic rings. The van der Waals surface area contributed by atoms with E-state index in [2.05, 4.69) is 21.7 Å². The predicted octanol–water partition coefficient (Wildman–Crippen LogP) is 5.77. The molecule has 38 heavy (non-hydrogen) atoms. The molecule has 3 heterocycles. The molecule has 9 heteroatoms. The Morgan fingerprint density at radius 1 is 1.11 bits per heavy atom. The highest BCUT2D eigenvalue weighted by atomic mass is 32.1. The molecule has 0 aliphatic carbocycles. The van der Waals surface area contributed by atoms with Crippen LogP contribution in [0.15, 0.2) is 72.9 Å². The van der Waals surface area contributed by atoms with Gasteiger partial charge >= 0.3 is 0 Å². The van der Waals surface area contributed by atoms with Crippen LogP contribution in [0, 0.1) is 19.7 Å². The normalized spacial score (nSPS) is 16.9. The molecule has 0 radical (unpaired) electrons. The molecule has 1 saturated heterocycles. The molecule has 2 N–H and O–H groups in total. The number of amides is 1. The van der Waals surface area contributed by atoms with Crippen molar-refractivity contribution in [1.29, 1.82) is 0 Å². The maximum Gasteiger partial charge on any atom is 0.221 e. The van der Waals surface area contributed by atoms with Gasteiger partial charge in [0.15, 0.2) is 5.11 Å². The van der Waals surface area contributed by atoms with Crippen LogP contribution < -0.4 is 20.3 Å². The maximum absolute atomic E-state index is 14.9. The van der Waals surface area contributed by atoms with E-state index in [1.807, 2.05) is 59.7 Å². The molecule has 2 atom stereocenters. The number of benzene rings is 2. The SMILES string of the molecule is COc1ccc(N2C(=S)N[C@@H](c3ccccn3)[C@H]2c2cc(C)n(-c3ccccc3F)c2C)cc1NC(C)=O. The second-order valence-corrected chi connectivity index (χ2v) is 9.56. The molecular formula is C29H28FN5O2S. The van der Waals surface area contributed by atoms with Crippen molar-refractivity contribution in [2.45, 2.75) is 32.9 Å². The minimum Gasteiger partial charge on any atom is -0.495 e. The Kier molecular flexibility index (Phi) is 6.86. The van der Waals surface area contributed by atoms with Crippen molar-refractivity contribution in [2.24, 2.45) is 0 Å². The van der Waals surface area contributed by atoms with Crippen LogP contribution in [0.2, 0.25) is 0 Å². The van der Waals surface area contributed by atoms with Gasteiger partial charge in [0.1, 0.15) is 11.6 Å². The number of pyridine rings is 1. The molecule has 1 aliphatic heterocycles. The van der Waals surface area contributed by atoms with Gasteiger partial charge in [-0.3, -0.25) is 9.78 Å². The lowest BCUT2D eigenvalue weighted by molar-refractivity contribution is -0.114. The molecule has 1 aliphatic rings. The number of rotatable bonds is 6. The lowest BCUT2D eigenvalue weighted by Gasteiger charge is -2.29. The van der Waals surface area contributed by atoms with Gasteiger partial charge in [-0.25, -0.2) is 4.39 Å². The van der Waals surface area contributed by atoms with Crippen LogP contribution in [-0.4, -0.2) is 27.7 Å². The summed E-state index contributed by atoms with van der Waals surface area (Å²) in [5.41, 5.74) is 5.39. The van der Waals surface area contributed by atoms with Crippen LogP contribution in [-0.2, 0) is 4.79 Å². The lowest BCUT2D eigenvalue weighted by atomic mass is 9.96. The number of hydrogen-bond acceptors (Lipinski definition) is 4. The zero-order chi connectivity index (χ0) is 27.0. The topological polar surface area (TPSA) is 71.4 Å². The predicted molar refractivity (Wildman–Crippen MR) is 150 cm³/mol. The molecule has 1 amide bonds. The van der Waals surface area contributed by atoms with Crippen LogP contribution in [0.5, 0.6) is 5.75 Å². The van der Waals surface area contributed by atoms with Gasteiger partial charge < -0.3 is 24.8 Å². The fourth-order valence-corrected chi connectivity index (χ4v) is 5.52. The summed E-state index contributed by atoms with van der Waals surface area (Å²) in [5, 5.41) is 6.81. The molecule has 1 fully saturated rings. The van der Waals surface area contributed by atoms with E-state index in [-0.39, 0.29) is 23.8 Å². The highest BCUT2D eigenvalue weighted by Gasteiger charge is 2.42. The van der Waals surface area contributed by atoms with Crippen LogP contribution in [0.1, 0.15) is 41.7 Å². The van der Waals surface area contributed by atoms with Gasteiger partial charge in [0.2, 0.25) is 5.91 Å². The van der Waals surface area contributed by atoms with E-state index >= 15 is 0 Å². The number of ether oxygens (including phenoxy) is 1. The summed E-state index contributed by atoms with van der Waals surface area (Å²) in [4.78, 5) is 18.5. The highest BCUT2D eigenvalue weighted by Crippen LogP contribution is 2.45. The largest absolute Gasteiger partial charge is 0.495 e. The van der Waals surface area contributed by atoms with Crippen molar-refractivity contribution in [3.8, 4) is 11.4 Å². The van der Waals surface area contributed by atoms with E-state index in [1.165, 1.54) is 13.0 Å². The number of carbonyl (C=O) groups is 1. The van der Waals surface area contributed by atoms with Gasteiger partial charge in [-0.2, -0.15) is 0 Å². The molecule has 2 aromatic heterocycles. The summed E-state index contributed by atoms with van der Waals surface area (Å²) in [6.07, 6.45) is 1.75. The number of nitrogens with zero attached hydrogens (tertiary/aromatic N) is 3. The number of thiocarbonyl (C=S) groups is 1. The van der Waals surface area contributed by atoms with E-state index in [4.69, 9.17) is 17.0 Å². The number of methoxy groups -OCH3 is 1. The number of nitrogens with one attached hydrogen (secondary N) is 2. The molecule has 0 saturated carbocycles. The molecule has 194 valence electrons. The minimum atomic E-state index is -0.303. The molecule has 0 spiro atoms. The lowest BCUT2D eigenvalue weighted by Crippen LogP contribution is -2.29. The van der Waals surface area contributed by atoms with Gasteiger partial charge in [0.25, 0.3) is 0 Å². The van der Waals surface area contributed by atoms with Gasteiger partial charge in [-0.15, -0.1) is 0 Å². The van der Waals surface area contributed by atoms with Crippen LogP contribution in [0.25, 0.3) is 5.69 Å². The summed E-state index contributed by atoms with van der Waals surface area (Å²) in [7, 11) is 1.56. The standard InChI is InChI=1S/C29H28FN5O2S/c1-17-15-21(18(2)34(17)25-11-6-5-9-22(25)30)28-27(23-10-7-8-14-31-23)33-29(38)35(28)20-12-13-26(37-4)24(16-20)32-19(3)36/h5-16,27-28H,1-4H3,(H,32,36)(H,33,38)/t27-,28+/m0/s1. The first-order chi connectivity index (χ1) is 18.3. The van der Waals surface area contributed by atoms with Crippen LogP contribution in [0.3, 0.4) is 0 Å². The summed E-state index contributed by atoms with van der Waals surface area (Å²) in [5.74, 6) is 0.0330. The van der Waals surface area contributed by atoms with Crippen molar-refractivity contribution in [1.82, 2.24) is 14.9 Å². The third-order valence-corrected chi connectivity index (χ3v) is 7.07. The summed E-state index contributed by atoms with van der Waals surface area (Å²) in [6, 6.07) is 19.6. The Hall–Kier alpha value is -4.24. The first-order valence-corrected chi connectivity index (χ1v) is 12.6. The second kappa shape index (κ2) is 10.3. The molecule has 0 unspecified atom stereocenters. The van der Waals surface area contributed by atoms with Gasteiger partial charge in [-0.1, -0.05) is 18.2 Å². The van der Waals surface area contributed by atoms with E-state index in [1.54, 1.807) is 31.5 Å². The summed E-state index contributed by atoms with van der Waals surface area (Å²) < 4.78 is 22.3. The average Bonchev–Trinajstić information content (AvgIpc) is 3.39. The number of carbonyl (C=O) groups excluding carboxylic acids is 1. The van der Waals surface area contributed by atoms with Crippen molar-refractivity contribution < 1.29 is 13.9 Å². The molecule has 5 rings (SSSR count). The second-order valence-electron chi connectivity index (χ2n) is 9.18. The van der Waals surface area contributed by atoms with E-state index in [9.17, 15) is 9.18 Å². The van der Waals surface area contributed by atoms with Crippen molar-refractivity contribution >= 4 is 34.6 Å². The zero-order valence-electron chi connectivity index (χ0n) is 21.5. The van der Waals surface area contributed by atoms with Crippen molar-refractivity contribution in [2.75, 3.05) is 17.3 Å². The smallest absolute Gasteiger partial charge is 0.221 e. The monoisotopic (exact) mass is 529 g/mol. The third kappa shape index (κ3) is 4.50. The maximum atomic E-state index is 14.9. The zero-order valence-corrected chi connectivity index (χ0v) is 22.3. The number of anilines is 2. The van der Waals surface area contributed by atoms with Crippen molar-refractivity contribution in [3.63, 3.8) is 0 Å². The van der Waals surface area contributed by atoms with Crippen LogP contribution >= 0.6 is 12.2 Å². The number of halogens is 1. The average molecular weight is 530 g/mol. The molecule has 7 nitrogen and oxygen atoms in total. The van der Waals surface area contributed by atoms with Gasteiger partial charge in [0, 0.05) is 30.2 Å². The number of aromatic nitrogens is 2. The highest BCUT2D eigenvalue weighted by molar-refractivity contribution is 7.80. The van der Waals surface area contributed by atoms with E-state index in [0.717, 1.165) is 28.3 Å². The quantitative estimate of drug-likeness (QED) is 0.309. The summed E-state index contributed by atoms with van der Waals surface area (Å²) in [6.45, 7) is 5.40. The number of para-hydroxylation sites is 1. The number of hydrogen-bond donors (Lipinski definition) is 2. The first-order valence-electron chi connectivity index (χ1n) is 12.2. The Morgan fingerprint density at radius 3 is 2.55 bits per heavy atom. The van der Waals surface area contributed by atoms with Gasteiger partial charge in [-0.05, 0) is 80.2 Å². The Bertz CT molecular complexity index is 1520. The Balaban J connectivity index is 1.69. The van der Waals surface area contributed by atoms with E-state index < -0.39 is 0 Å². The Morgan fingerprint density at radius 2 is 1.87 bits per heavy atom. The first kappa shape index (κ1) is 25.4. The fraction of sp³-hybridized carbons (Fsp3) is 0.207. The van der Waals surface area contributed by atoms with E-state index in [0.29, 0.717) is 22.2 Å². The van der Waals surface area contributed by atoms with Crippen LogP contribution in [0.4, 0.5) is 15.8 Å². The fourth-order valence-electron chi connectivity index (χ4n) is 5.17. The molecule has 2 aromatic carbocycles. The number of aryl methyl sites for hydroxylation is 1. The minimum absolute atomic E-state index is 0.209. The molecule has 0 bridgehead atoms.